The van der Waals surface area contributed by atoms with Crippen LogP contribution in [-0.4, -0.2) is 74.9 Å². The number of esters is 2. The minimum absolute atomic E-state index is 0.0150. The number of nitrogens with zero attached hydrogens (tertiary/aromatic N) is 1. The minimum Gasteiger partial charge on any atom is -0.462 e. The summed E-state index contributed by atoms with van der Waals surface area (Å²) in [5, 5.41) is 0. The number of rotatable bonds is 36. The molecule has 0 aliphatic carbocycles. The Kier molecular flexibility index (Phi) is 34.4. The van der Waals surface area contributed by atoms with Gasteiger partial charge in [0.05, 0.1) is 27.7 Å². The summed E-state index contributed by atoms with van der Waals surface area (Å²) in [6.07, 6.45) is 43.9. The Hall–Kier alpha value is -2.55. The number of unbranched alkanes of at least 4 members (excludes halogenated alkanes) is 10. The molecule has 0 aliphatic rings. The van der Waals surface area contributed by atoms with Crippen molar-refractivity contribution in [1.82, 2.24) is 0 Å². The predicted molar refractivity (Wildman–Crippen MR) is 224 cm³/mol. The summed E-state index contributed by atoms with van der Waals surface area (Å²) >= 11 is 0. The van der Waals surface area contributed by atoms with Crippen molar-refractivity contribution in [3.8, 4) is 0 Å². The second kappa shape index (κ2) is 36.1. The van der Waals surface area contributed by atoms with Crippen molar-refractivity contribution < 1.29 is 42.1 Å². The Morgan fingerprint density at radius 2 is 1.06 bits per heavy atom. The van der Waals surface area contributed by atoms with Gasteiger partial charge in [-0.15, -0.1) is 0 Å². The van der Waals surface area contributed by atoms with Gasteiger partial charge in [-0.05, 0) is 83.5 Å². The molecule has 0 radical (unpaired) electrons. The van der Waals surface area contributed by atoms with Crippen molar-refractivity contribution in [1.29, 1.82) is 0 Å². The highest BCUT2D eigenvalue weighted by Gasteiger charge is 2.27. The van der Waals surface area contributed by atoms with E-state index in [1.165, 1.54) is 38.5 Å². The second-order valence-electron chi connectivity index (χ2n) is 14.6. The number of hydrogen-bond donors (Lipinski definition) is 1. The van der Waals surface area contributed by atoms with Crippen LogP contribution >= 0.6 is 7.82 Å². The monoisotopic (exact) mass is 779 g/mol. The lowest BCUT2D eigenvalue weighted by Crippen LogP contribution is -2.37. The van der Waals surface area contributed by atoms with Crippen LogP contribution in [0.2, 0.25) is 0 Å². The van der Waals surface area contributed by atoms with E-state index >= 15 is 0 Å². The molecule has 0 fully saturated rings. The molecule has 2 atom stereocenters. The average Bonchev–Trinajstić information content (AvgIpc) is 3.12. The number of allylic oxidation sites excluding steroid dienone is 12. The quantitative estimate of drug-likeness (QED) is 0.0220. The summed E-state index contributed by atoms with van der Waals surface area (Å²) in [6.45, 7) is 4.18. The normalized spacial score (nSPS) is 14.4. The van der Waals surface area contributed by atoms with Gasteiger partial charge in [0.15, 0.2) is 6.10 Å². The zero-order valence-electron chi connectivity index (χ0n) is 34.7. The molecule has 1 N–H and O–H groups in total. The number of phosphoric ester groups is 1. The third-order valence-electron chi connectivity index (χ3n) is 8.22. The molecule has 54 heavy (non-hydrogen) atoms. The molecular weight excluding hydrogens is 701 g/mol. The molecule has 0 aliphatic heterocycles. The molecule has 1 unspecified atom stereocenters. The molecule has 0 rings (SSSR count). The number of carbonyl (C=O) groups is 2. The Balaban J connectivity index is 4.54. The van der Waals surface area contributed by atoms with Gasteiger partial charge in [-0.25, -0.2) is 4.57 Å². The van der Waals surface area contributed by atoms with Crippen molar-refractivity contribution in [2.45, 2.75) is 148 Å². The number of carbonyl (C=O) groups excluding carboxylic acids is 2. The Labute approximate surface area is 329 Å². The second-order valence-corrected chi connectivity index (χ2v) is 16.1. The summed E-state index contributed by atoms with van der Waals surface area (Å²) < 4.78 is 34.1. The van der Waals surface area contributed by atoms with Gasteiger partial charge in [0.1, 0.15) is 19.8 Å². The average molecular weight is 779 g/mol. The first-order valence-corrected chi connectivity index (χ1v) is 22.2. The van der Waals surface area contributed by atoms with Crippen LogP contribution in [0.1, 0.15) is 142 Å². The van der Waals surface area contributed by atoms with Crippen LogP contribution in [0.4, 0.5) is 0 Å². The Morgan fingerprint density at radius 1 is 0.593 bits per heavy atom. The molecule has 10 heteroatoms. The van der Waals surface area contributed by atoms with Crippen LogP contribution in [0, 0.1) is 0 Å². The molecule has 0 spiro atoms. The van der Waals surface area contributed by atoms with Crippen LogP contribution in [0.25, 0.3) is 0 Å². The molecule has 9 nitrogen and oxygen atoms in total. The first kappa shape index (κ1) is 51.5. The van der Waals surface area contributed by atoms with E-state index < -0.39 is 32.5 Å². The van der Waals surface area contributed by atoms with Crippen molar-refractivity contribution >= 4 is 19.8 Å². The van der Waals surface area contributed by atoms with Crippen LogP contribution in [0.15, 0.2) is 72.9 Å². The van der Waals surface area contributed by atoms with Gasteiger partial charge >= 0.3 is 19.8 Å². The fraction of sp³-hybridized carbons (Fsp3) is 0.682. The lowest BCUT2D eigenvalue weighted by Gasteiger charge is -2.24. The molecule has 0 amide bonds. The number of phosphoric acid groups is 1. The van der Waals surface area contributed by atoms with Crippen molar-refractivity contribution in [3.63, 3.8) is 0 Å². The largest absolute Gasteiger partial charge is 0.472 e. The van der Waals surface area contributed by atoms with Crippen molar-refractivity contribution in [2.24, 2.45) is 0 Å². The lowest BCUT2D eigenvalue weighted by molar-refractivity contribution is -0.870. The number of ether oxygens (including phenoxy) is 2. The number of quaternary nitrogens is 1. The highest BCUT2D eigenvalue weighted by atomic mass is 31.2. The third-order valence-corrected chi connectivity index (χ3v) is 9.20. The van der Waals surface area contributed by atoms with E-state index in [0.717, 1.165) is 64.2 Å². The van der Waals surface area contributed by atoms with Crippen molar-refractivity contribution in [3.05, 3.63) is 72.9 Å². The van der Waals surface area contributed by atoms with Gasteiger partial charge in [0.2, 0.25) is 0 Å². The summed E-state index contributed by atoms with van der Waals surface area (Å²) in [6, 6.07) is 0. The molecule has 0 bridgehead atoms. The van der Waals surface area contributed by atoms with Gasteiger partial charge in [0, 0.05) is 12.8 Å². The van der Waals surface area contributed by atoms with Gasteiger partial charge in [-0.1, -0.05) is 119 Å². The van der Waals surface area contributed by atoms with E-state index in [0.29, 0.717) is 23.9 Å². The SMILES string of the molecule is CC/C=C/C/C=C/C/C=C/C/C=C/CCCCC(=O)O[C@H](COC(=O)CCCC/C=C/C/C=C/CCCCCCCC)COP(=O)(O)OCC[N+](C)(C)C. The molecule has 0 aromatic heterocycles. The molecule has 0 aromatic rings. The van der Waals surface area contributed by atoms with E-state index in [4.69, 9.17) is 18.5 Å². The Bertz CT molecular complexity index is 1150. The highest BCUT2D eigenvalue weighted by molar-refractivity contribution is 7.47. The van der Waals surface area contributed by atoms with Crippen LogP contribution in [0.5, 0.6) is 0 Å². The van der Waals surface area contributed by atoms with Crippen LogP contribution in [0.3, 0.4) is 0 Å². The molecule has 0 aromatic carbocycles. The zero-order valence-corrected chi connectivity index (χ0v) is 35.6. The van der Waals surface area contributed by atoms with E-state index in [1.54, 1.807) is 0 Å². The smallest absolute Gasteiger partial charge is 0.462 e. The predicted octanol–water partition coefficient (Wildman–Crippen LogP) is 11.5. The minimum atomic E-state index is -4.39. The van der Waals surface area contributed by atoms with Gasteiger partial charge in [-0.2, -0.15) is 0 Å². The summed E-state index contributed by atoms with van der Waals surface area (Å²) in [5.74, 6) is -0.894. The molecule has 310 valence electrons. The lowest BCUT2D eigenvalue weighted by atomic mass is 10.1. The molecule has 0 saturated heterocycles. The topological polar surface area (TPSA) is 108 Å². The first-order valence-electron chi connectivity index (χ1n) is 20.7. The maximum absolute atomic E-state index is 12.6. The Morgan fingerprint density at radius 3 is 1.57 bits per heavy atom. The highest BCUT2D eigenvalue weighted by Crippen LogP contribution is 2.43. The molecule has 0 saturated carbocycles. The first-order chi connectivity index (χ1) is 26.0. The van der Waals surface area contributed by atoms with Crippen LogP contribution in [-0.2, 0) is 32.7 Å². The molecule has 0 heterocycles. The summed E-state index contributed by atoms with van der Waals surface area (Å²) in [4.78, 5) is 35.3. The number of likely N-dealkylation sites (N-methyl/N-ethyl adjacent to an activating group) is 1. The van der Waals surface area contributed by atoms with Gasteiger partial charge in [0.25, 0.3) is 0 Å². The van der Waals surface area contributed by atoms with E-state index in [9.17, 15) is 19.0 Å². The third kappa shape index (κ3) is 39.2. The van der Waals surface area contributed by atoms with E-state index in [-0.39, 0.29) is 26.1 Å². The maximum atomic E-state index is 12.6. The zero-order chi connectivity index (χ0) is 40.0. The van der Waals surface area contributed by atoms with Crippen molar-refractivity contribution in [2.75, 3.05) is 47.5 Å². The van der Waals surface area contributed by atoms with Gasteiger partial charge in [-0.3, -0.25) is 18.6 Å². The molecular formula is C44H77NO8P+. The standard InChI is InChI=1S/C44H76NO8P/c1-6-8-10-12-14-16-18-20-22-24-26-28-30-32-34-36-43(46)50-40-42(41-52-54(48,49)51-39-38-45(3,4)5)53-44(47)37-35-33-31-29-27-25-23-21-19-17-15-13-11-9-7-2/h9,11,15,17,20-23,26-29,42H,6-8,10,12-14,16,18-19,24-25,30-41H2,1-5H3/p+1/b11-9+,17-15+,22-20+,23-21+,28-26+,29-27+/t42-/m1/s1. The fourth-order valence-corrected chi connectivity index (χ4v) is 5.72. The summed E-state index contributed by atoms with van der Waals surface area (Å²) in [7, 11) is 1.42. The van der Waals surface area contributed by atoms with Gasteiger partial charge < -0.3 is 18.9 Å². The fourth-order valence-electron chi connectivity index (χ4n) is 4.97. The number of hydrogen-bond acceptors (Lipinski definition) is 7. The maximum Gasteiger partial charge on any atom is 0.472 e. The van der Waals surface area contributed by atoms with Crippen LogP contribution < -0.4 is 0 Å². The summed E-state index contributed by atoms with van der Waals surface area (Å²) in [5.41, 5.74) is 0. The van der Waals surface area contributed by atoms with E-state index in [2.05, 4.69) is 86.8 Å². The van der Waals surface area contributed by atoms with E-state index in [1.807, 2.05) is 21.1 Å².